The Bertz CT molecular complexity index is 174. The Morgan fingerprint density at radius 1 is 1.25 bits per heavy atom. The Morgan fingerprint density at radius 3 is 2.00 bits per heavy atom. The lowest BCUT2D eigenvalue weighted by Gasteiger charge is -1.90. The quantitative estimate of drug-likeness (QED) is 0.448. The van der Waals surface area contributed by atoms with Crippen molar-refractivity contribution in [2.45, 2.75) is 33.1 Å². The van der Waals surface area contributed by atoms with Gasteiger partial charge in [0.2, 0.25) is 0 Å². The van der Waals surface area contributed by atoms with E-state index in [1.165, 1.54) is 6.08 Å². The highest BCUT2D eigenvalue weighted by Crippen LogP contribution is 1.95. The molecule has 0 unspecified atom stereocenters. The minimum Gasteiger partial charge on any atom is -0.481 e. The van der Waals surface area contributed by atoms with E-state index in [2.05, 4.69) is 0 Å². The number of carboxylic acid groups (broad SMARTS) is 1. The van der Waals surface area contributed by atoms with Crippen molar-refractivity contribution in [3.63, 3.8) is 0 Å². The second kappa shape index (κ2) is 19.4. The highest BCUT2D eigenvalue weighted by Gasteiger charge is 1.92. The van der Waals surface area contributed by atoms with E-state index in [9.17, 15) is 9.59 Å². The summed E-state index contributed by atoms with van der Waals surface area (Å²) in [7, 11) is 6.00. The van der Waals surface area contributed by atoms with Gasteiger partial charge in [-0.1, -0.05) is 19.9 Å². The fourth-order valence-corrected chi connectivity index (χ4v) is 0.523. The molecule has 0 radical (unpaired) electrons. The molecule has 0 aliphatic carbocycles. The van der Waals surface area contributed by atoms with Crippen LogP contribution in [0.25, 0.3) is 0 Å². The van der Waals surface area contributed by atoms with Crippen molar-refractivity contribution in [3.8, 4) is 0 Å². The number of carbonyl (C=O) groups excluding carboxylic acids is 1. The van der Waals surface area contributed by atoms with Crippen LogP contribution in [0.1, 0.15) is 33.1 Å². The molecule has 0 aromatic heterocycles. The van der Waals surface area contributed by atoms with Crippen molar-refractivity contribution >= 4 is 12.3 Å². The lowest BCUT2D eigenvalue weighted by atomic mass is 10.2. The fraction of sp³-hybridized carbons (Fsp3) is 0.667. The van der Waals surface area contributed by atoms with E-state index < -0.39 is 5.97 Å². The van der Waals surface area contributed by atoms with E-state index in [1.807, 2.05) is 39.9 Å². The largest absolute Gasteiger partial charge is 0.481 e. The first-order chi connectivity index (χ1) is 7.50. The van der Waals surface area contributed by atoms with Crippen molar-refractivity contribution in [1.82, 2.24) is 4.90 Å². The topological polar surface area (TPSA) is 57.6 Å². The van der Waals surface area contributed by atoms with Gasteiger partial charge in [0, 0.05) is 6.42 Å². The van der Waals surface area contributed by atoms with E-state index in [1.54, 1.807) is 6.08 Å². The Morgan fingerprint density at radius 2 is 1.69 bits per heavy atom. The molecule has 0 saturated carbocycles. The molecule has 0 amide bonds. The number of hydrogen-bond donors (Lipinski definition) is 1. The number of aliphatic carboxylic acids is 1. The molecule has 96 valence electrons. The lowest BCUT2D eigenvalue weighted by Crippen LogP contribution is -1.99. The summed E-state index contributed by atoms with van der Waals surface area (Å²) in [6, 6.07) is 0. The molecule has 0 aromatic carbocycles. The first-order valence-electron chi connectivity index (χ1n) is 5.43. The van der Waals surface area contributed by atoms with Gasteiger partial charge < -0.3 is 10.0 Å². The van der Waals surface area contributed by atoms with Gasteiger partial charge in [0.1, 0.15) is 6.29 Å². The molecule has 0 saturated heterocycles. The van der Waals surface area contributed by atoms with Crippen LogP contribution in [0, 0.1) is 0 Å². The third-order valence-corrected chi connectivity index (χ3v) is 0.976. The standard InChI is InChI=1S/C7H10O3.C3H9N.C2H6/c8-6-4-2-1-3-5-7(9)10;1-4(2)3;1-2/h2,4,6H,1,3,5H2,(H,9,10);1-3H3;1-2H3/b4-2+;;. The summed E-state index contributed by atoms with van der Waals surface area (Å²) in [4.78, 5) is 21.6. The summed E-state index contributed by atoms with van der Waals surface area (Å²) in [5.74, 6) is -0.792. The van der Waals surface area contributed by atoms with Crippen LogP contribution in [0.5, 0.6) is 0 Å². The summed E-state index contributed by atoms with van der Waals surface area (Å²) >= 11 is 0. The fourth-order valence-electron chi connectivity index (χ4n) is 0.523. The molecule has 0 aromatic rings. The number of carboxylic acids is 1. The predicted molar refractivity (Wildman–Crippen MR) is 67.6 cm³/mol. The Kier molecular flexibility index (Phi) is 24.6. The third-order valence-electron chi connectivity index (χ3n) is 0.976. The van der Waals surface area contributed by atoms with Gasteiger partial charge in [-0.05, 0) is 40.1 Å². The van der Waals surface area contributed by atoms with Gasteiger partial charge in [0.05, 0.1) is 0 Å². The van der Waals surface area contributed by atoms with Crippen LogP contribution in [0.15, 0.2) is 12.2 Å². The zero-order valence-electron chi connectivity index (χ0n) is 11.1. The molecule has 0 fully saturated rings. The molecule has 0 aliphatic heterocycles. The van der Waals surface area contributed by atoms with Gasteiger partial charge >= 0.3 is 5.97 Å². The maximum absolute atomic E-state index is 9.94. The number of nitrogens with zero attached hydrogens (tertiary/aromatic N) is 1. The predicted octanol–water partition coefficient (Wildman–Crippen LogP) is 2.20. The Hall–Kier alpha value is -1.16. The van der Waals surface area contributed by atoms with Crippen molar-refractivity contribution in [2.24, 2.45) is 0 Å². The smallest absolute Gasteiger partial charge is 0.303 e. The average molecular weight is 231 g/mol. The van der Waals surface area contributed by atoms with E-state index in [-0.39, 0.29) is 6.42 Å². The van der Waals surface area contributed by atoms with Crippen LogP contribution in [0.3, 0.4) is 0 Å². The SMILES string of the molecule is CC.CN(C)C.O=C/C=C/CCCC(=O)O. The van der Waals surface area contributed by atoms with Gasteiger partial charge in [-0.3, -0.25) is 9.59 Å². The summed E-state index contributed by atoms with van der Waals surface area (Å²) < 4.78 is 0. The number of hydrogen-bond acceptors (Lipinski definition) is 3. The molecular formula is C12H25NO3. The summed E-state index contributed by atoms with van der Waals surface area (Å²) in [5.41, 5.74) is 0. The molecule has 0 bridgehead atoms. The molecule has 0 atom stereocenters. The van der Waals surface area contributed by atoms with E-state index >= 15 is 0 Å². The van der Waals surface area contributed by atoms with Gasteiger partial charge in [-0.15, -0.1) is 0 Å². The molecule has 1 N–H and O–H groups in total. The average Bonchev–Trinajstić information content (AvgIpc) is 2.19. The minimum atomic E-state index is -0.792. The molecule has 0 heterocycles. The van der Waals surface area contributed by atoms with Crippen LogP contribution in [-0.4, -0.2) is 43.4 Å². The van der Waals surface area contributed by atoms with Gasteiger partial charge in [0.25, 0.3) is 0 Å². The van der Waals surface area contributed by atoms with Crippen molar-refractivity contribution in [1.29, 1.82) is 0 Å². The molecule has 0 rings (SSSR count). The van der Waals surface area contributed by atoms with E-state index in [4.69, 9.17) is 5.11 Å². The normalized spacial score (nSPS) is 8.88. The number of aldehydes is 1. The minimum absolute atomic E-state index is 0.170. The zero-order valence-corrected chi connectivity index (χ0v) is 11.1. The summed E-state index contributed by atoms with van der Waals surface area (Å²) in [6.45, 7) is 4.00. The Labute approximate surface area is 99.0 Å². The summed E-state index contributed by atoms with van der Waals surface area (Å²) in [5, 5.41) is 8.18. The molecule has 0 spiro atoms. The monoisotopic (exact) mass is 231 g/mol. The second-order valence-electron chi connectivity index (χ2n) is 3.19. The number of rotatable bonds is 5. The highest BCUT2D eigenvalue weighted by atomic mass is 16.4. The Balaban J connectivity index is -0.000000237. The number of unbranched alkanes of at least 4 members (excludes halogenated alkanes) is 1. The first kappa shape index (κ1) is 20.3. The van der Waals surface area contributed by atoms with Crippen LogP contribution in [0.2, 0.25) is 0 Å². The number of carbonyl (C=O) groups is 2. The van der Waals surface area contributed by atoms with Crippen LogP contribution < -0.4 is 0 Å². The molecule has 4 nitrogen and oxygen atoms in total. The lowest BCUT2D eigenvalue weighted by molar-refractivity contribution is -0.137. The highest BCUT2D eigenvalue weighted by molar-refractivity contribution is 5.66. The molecule has 16 heavy (non-hydrogen) atoms. The van der Waals surface area contributed by atoms with E-state index in [0.29, 0.717) is 19.1 Å². The third kappa shape index (κ3) is 52.8. The first-order valence-corrected chi connectivity index (χ1v) is 5.43. The van der Waals surface area contributed by atoms with Crippen LogP contribution in [-0.2, 0) is 9.59 Å². The summed E-state index contributed by atoms with van der Waals surface area (Å²) in [6.07, 6.45) is 5.15. The number of allylic oxidation sites excluding steroid dienone is 2. The van der Waals surface area contributed by atoms with Crippen LogP contribution in [0.4, 0.5) is 0 Å². The molecular weight excluding hydrogens is 206 g/mol. The molecule has 4 heteroatoms. The van der Waals surface area contributed by atoms with Crippen LogP contribution >= 0.6 is 0 Å². The zero-order chi connectivity index (χ0) is 13.4. The molecule has 0 aliphatic rings. The van der Waals surface area contributed by atoms with Crippen molar-refractivity contribution < 1.29 is 14.7 Å². The van der Waals surface area contributed by atoms with Gasteiger partial charge in [0.15, 0.2) is 0 Å². The van der Waals surface area contributed by atoms with Crippen molar-refractivity contribution in [2.75, 3.05) is 21.1 Å². The second-order valence-corrected chi connectivity index (χ2v) is 3.19. The van der Waals surface area contributed by atoms with Crippen molar-refractivity contribution in [3.05, 3.63) is 12.2 Å². The van der Waals surface area contributed by atoms with Gasteiger partial charge in [-0.25, -0.2) is 0 Å². The van der Waals surface area contributed by atoms with Gasteiger partial charge in [-0.2, -0.15) is 0 Å². The maximum Gasteiger partial charge on any atom is 0.303 e. The maximum atomic E-state index is 9.94. The van der Waals surface area contributed by atoms with E-state index in [0.717, 1.165) is 0 Å².